The fourth-order valence-corrected chi connectivity index (χ4v) is 2.41. The molecule has 1 aromatic rings. The first-order valence-corrected chi connectivity index (χ1v) is 7.45. The lowest BCUT2D eigenvalue weighted by atomic mass is 10.2. The van der Waals surface area contributed by atoms with E-state index in [1.807, 2.05) is 13.0 Å². The average molecular weight is 291 g/mol. The molecule has 1 aliphatic heterocycles. The van der Waals surface area contributed by atoms with Crippen molar-refractivity contribution >= 4 is 11.8 Å². The van der Waals surface area contributed by atoms with Crippen LogP contribution < -0.4 is 16.0 Å². The maximum atomic E-state index is 5.85. The molecule has 0 saturated carbocycles. The maximum absolute atomic E-state index is 5.85. The Bertz CT molecular complexity index is 483. The van der Waals surface area contributed by atoms with E-state index in [4.69, 9.17) is 10.5 Å². The van der Waals surface area contributed by atoms with Gasteiger partial charge in [0.05, 0.1) is 13.2 Å². The lowest BCUT2D eigenvalue weighted by molar-refractivity contribution is 0.204. The Morgan fingerprint density at radius 1 is 1.43 bits per heavy atom. The number of ether oxygens (including phenoxy) is 1. The number of aliphatic imine (C=N–C) groups is 1. The summed E-state index contributed by atoms with van der Waals surface area (Å²) in [5.74, 6) is 1.50. The molecule has 2 rings (SSSR count). The first-order chi connectivity index (χ1) is 10.2. The highest BCUT2D eigenvalue weighted by atomic mass is 16.5. The first-order valence-electron chi connectivity index (χ1n) is 7.45. The maximum Gasteiger partial charge on any atom is 0.189 e. The van der Waals surface area contributed by atoms with Gasteiger partial charge < -0.3 is 20.7 Å². The molecule has 1 aromatic heterocycles. The van der Waals surface area contributed by atoms with Crippen LogP contribution in [-0.2, 0) is 11.3 Å². The molecule has 6 nitrogen and oxygen atoms in total. The van der Waals surface area contributed by atoms with Crippen molar-refractivity contribution in [2.45, 2.75) is 26.3 Å². The normalized spacial score (nSPS) is 15.5. The highest BCUT2D eigenvalue weighted by Crippen LogP contribution is 2.23. The van der Waals surface area contributed by atoms with Gasteiger partial charge in [-0.2, -0.15) is 0 Å². The summed E-state index contributed by atoms with van der Waals surface area (Å²) in [5, 5.41) is 3.02. The molecule has 0 atom stereocenters. The van der Waals surface area contributed by atoms with Crippen molar-refractivity contribution in [1.29, 1.82) is 0 Å². The van der Waals surface area contributed by atoms with E-state index in [1.165, 1.54) is 12.8 Å². The number of nitrogens with two attached hydrogens (primary N) is 1. The number of methoxy groups -OCH3 is 1. The number of aryl methyl sites for hydroxylation is 1. The van der Waals surface area contributed by atoms with Crippen molar-refractivity contribution in [3.63, 3.8) is 0 Å². The van der Waals surface area contributed by atoms with Crippen molar-refractivity contribution in [3.05, 3.63) is 23.4 Å². The zero-order valence-electron chi connectivity index (χ0n) is 12.9. The van der Waals surface area contributed by atoms with E-state index < -0.39 is 0 Å². The molecule has 21 heavy (non-hydrogen) atoms. The third kappa shape index (κ3) is 4.60. The minimum Gasteiger partial charge on any atom is -0.383 e. The first kappa shape index (κ1) is 15.6. The van der Waals surface area contributed by atoms with Gasteiger partial charge in [-0.3, -0.25) is 0 Å². The summed E-state index contributed by atoms with van der Waals surface area (Å²) in [6.07, 6.45) is 2.47. The molecule has 1 fully saturated rings. The molecule has 0 radical (unpaired) electrons. The van der Waals surface area contributed by atoms with Crippen molar-refractivity contribution in [2.75, 3.05) is 38.3 Å². The van der Waals surface area contributed by atoms with E-state index in [9.17, 15) is 0 Å². The van der Waals surface area contributed by atoms with Gasteiger partial charge in [0.15, 0.2) is 5.96 Å². The summed E-state index contributed by atoms with van der Waals surface area (Å²) in [6, 6.07) is 4.13. The number of pyridine rings is 1. The molecular weight excluding hydrogens is 266 g/mol. The molecule has 0 bridgehead atoms. The molecule has 116 valence electrons. The van der Waals surface area contributed by atoms with Crippen LogP contribution in [0.4, 0.5) is 5.82 Å². The minimum absolute atomic E-state index is 0.444. The van der Waals surface area contributed by atoms with Crippen LogP contribution in [0.2, 0.25) is 0 Å². The summed E-state index contributed by atoms with van der Waals surface area (Å²) in [7, 11) is 1.66. The van der Waals surface area contributed by atoms with Crippen LogP contribution in [-0.4, -0.2) is 44.3 Å². The summed E-state index contributed by atoms with van der Waals surface area (Å²) < 4.78 is 4.97. The molecule has 1 aliphatic rings. The number of guanidine groups is 1. The molecule has 0 amide bonds. The standard InChI is InChI=1S/C15H25N5O/c1-12-5-6-13(11-18-15(16)17-7-10-21-2)14(19-12)20-8-3-4-9-20/h5-6H,3-4,7-11H2,1-2H3,(H3,16,17,18). The summed E-state index contributed by atoms with van der Waals surface area (Å²) in [5.41, 5.74) is 8.01. The quantitative estimate of drug-likeness (QED) is 0.465. The van der Waals surface area contributed by atoms with Crippen molar-refractivity contribution in [2.24, 2.45) is 10.7 Å². The van der Waals surface area contributed by atoms with Gasteiger partial charge in [-0.1, -0.05) is 6.07 Å². The van der Waals surface area contributed by atoms with Crippen LogP contribution in [0.15, 0.2) is 17.1 Å². The Balaban J connectivity index is 2.03. The molecule has 0 aliphatic carbocycles. The van der Waals surface area contributed by atoms with Gasteiger partial charge >= 0.3 is 0 Å². The second-order valence-corrected chi connectivity index (χ2v) is 5.25. The number of aromatic nitrogens is 1. The number of rotatable bonds is 6. The zero-order chi connectivity index (χ0) is 15.1. The number of hydrogen-bond donors (Lipinski definition) is 2. The van der Waals surface area contributed by atoms with E-state index in [2.05, 4.69) is 26.3 Å². The van der Waals surface area contributed by atoms with Crippen molar-refractivity contribution < 1.29 is 4.74 Å². The third-order valence-corrected chi connectivity index (χ3v) is 3.53. The molecule has 0 unspecified atom stereocenters. The number of nitrogens with one attached hydrogen (secondary N) is 1. The van der Waals surface area contributed by atoms with Gasteiger partial charge in [0.25, 0.3) is 0 Å². The van der Waals surface area contributed by atoms with Crippen molar-refractivity contribution in [1.82, 2.24) is 10.3 Å². The Morgan fingerprint density at radius 2 is 2.19 bits per heavy atom. The van der Waals surface area contributed by atoms with Gasteiger partial charge in [0, 0.05) is 38.0 Å². The molecule has 1 saturated heterocycles. The topological polar surface area (TPSA) is 75.8 Å². The Morgan fingerprint density at radius 3 is 2.90 bits per heavy atom. The second-order valence-electron chi connectivity index (χ2n) is 5.25. The fraction of sp³-hybridized carbons (Fsp3) is 0.600. The lowest BCUT2D eigenvalue weighted by Gasteiger charge is -2.20. The monoisotopic (exact) mass is 291 g/mol. The summed E-state index contributed by atoms with van der Waals surface area (Å²) >= 11 is 0. The summed E-state index contributed by atoms with van der Waals surface area (Å²) in [4.78, 5) is 11.4. The van der Waals surface area contributed by atoms with Crippen LogP contribution in [0, 0.1) is 6.92 Å². The van der Waals surface area contributed by atoms with Gasteiger partial charge in [-0.05, 0) is 25.8 Å². The molecular formula is C15H25N5O. The van der Waals surface area contributed by atoms with E-state index in [0.717, 1.165) is 30.2 Å². The highest BCUT2D eigenvalue weighted by molar-refractivity contribution is 5.77. The van der Waals surface area contributed by atoms with Gasteiger partial charge in [0.1, 0.15) is 5.82 Å². The smallest absolute Gasteiger partial charge is 0.189 e. The van der Waals surface area contributed by atoms with E-state index in [-0.39, 0.29) is 0 Å². The van der Waals surface area contributed by atoms with Gasteiger partial charge in [-0.25, -0.2) is 9.98 Å². The fourth-order valence-electron chi connectivity index (χ4n) is 2.41. The van der Waals surface area contributed by atoms with Gasteiger partial charge in [-0.15, -0.1) is 0 Å². The Hall–Kier alpha value is -1.82. The Kier molecular flexibility index (Phi) is 5.80. The van der Waals surface area contributed by atoms with Crippen LogP contribution in [0.3, 0.4) is 0 Å². The predicted molar refractivity (Wildman–Crippen MR) is 85.6 cm³/mol. The lowest BCUT2D eigenvalue weighted by Crippen LogP contribution is -2.34. The SMILES string of the molecule is COCCNC(N)=NCc1ccc(C)nc1N1CCCC1. The molecule has 2 heterocycles. The van der Waals surface area contributed by atoms with Crippen LogP contribution >= 0.6 is 0 Å². The largest absolute Gasteiger partial charge is 0.383 e. The Labute approximate surface area is 126 Å². The van der Waals surface area contributed by atoms with Gasteiger partial charge in [0.2, 0.25) is 0 Å². The van der Waals surface area contributed by atoms with Crippen LogP contribution in [0.1, 0.15) is 24.1 Å². The third-order valence-electron chi connectivity index (χ3n) is 3.53. The van der Waals surface area contributed by atoms with E-state index >= 15 is 0 Å². The van der Waals surface area contributed by atoms with Crippen LogP contribution in [0.5, 0.6) is 0 Å². The molecule has 6 heteroatoms. The van der Waals surface area contributed by atoms with Crippen molar-refractivity contribution in [3.8, 4) is 0 Å². The molecule has 0 spiro atoms. The zero-order valence-corrected chi connectivity index (χ0v) is 12.9. The average Bonchev–Trinajstić information content (AvgIpc) is 3.00. The number of hydrogen-bond acceptors (Lipinski definition) is 4. The molecule has 0 aromatic carbocycles. The molecule has 3 N–H and O–H groups in total. The van der Waals surface area contributed by atoms with E-state index in [0.29, 0.717) is 25.7 Å². The minimum atomic E-state index is 0.444. The van der Waals surface area contributed by atoms with E-state index in [1.54, 1.807) is 7.11 Å². The highest BCUT2D eigenvalue weighted by Gasteiger charge is 2.17. The second kappa shape index (κ2) is 7.83. The predicted octanol–water partition coefficient (Wildman–Crippen LogP) is 1.04. The van der Waals surface area contributed by atoms with Crippen LogP contribution in [0.25, 0.3) is 0 Å². The number of nitrogens with zero attached hydrogens (tertiary/aromatic N) is 3. The number of anilines is 1. The summed E-state index contributed by atoms with van der Waals surface area (Å²) in [6.45, 7) is 6.00.